The fourth-order valence-corrected chi connectivity index (χ4v) is 11.2. The molecule has 294 valence electrons. The highest BCUT2D eigenvalue weighted by atomic mass is 127. The highest BCUT2D eigenvalue weighted by Crippen LogP contribution is 2.46. The van der Waals surface area contributed by atoms with Crippen molar-refractivity contribution in [2.24, 2.45) is 0 Å². The zero-order valence-electron chi connectivity index (χ0n) is 33.7. The summed E-state index contributed by atoms with van der Waals surface area (Å²) >= 11 is -0.441. The van der Waals surface area contributed by atoms with Gasteiger partial charge in [0.1, 0.15) is 11.9 Å². The quantitative estimate of drug-likeness (QED) is 0.149. The lowest BCUT2D eigenvalue weighted by atomic mass is 9.90. The number of rotatable bonds is 7. The Morgan fingerprint density at radius 2 is 1.11 bits per heavy atom. The molecule has 0 saturated carbocycles. The number of allylic oxidation sites excluding steroid dienone is 5. The van der Waals surface area contributed by atoms with E-state index in [0.717, 1.165) is 33.8 Å². The van der Waals surface area contributed by atoms with Crippen LogP contribution in [0.4, 0.5) is 0 Å². The highest BCUT2D eigenvalue weighted by molar-refractivity contribution is 14.2. The van der Waals surface area contributed by atoms with Crippen LogP contribution >= 0.6 is 20.7 Å². The van der Waals surface area contributed by atoms with Crippen molar-refractivity contribution < 1.29 is 4.74 Å². The van der Waals surface area contributed by atoms with Crippen molar-refractivity contribution in [1.29, 1.82) is 0 Å². The van der Waals surface area contributed by atoms with E-state index in [0.29, 0.717) is 0 Å². The molecule has 2 unspecified atom stereocenters. The maximum Gasteiger partial charge on any atom is 0.128 e. The summed E-state index contributed by atoms with van der Waals surface area (Å²) in [6.07, 6.45) is 11.1. The summed E-state index contributed by atoms with van der Waals surface area (Å²) < 4.78 is 13.8. The van der Waals surface area contributed by atoms with E-state index < -0.39 is 20.7 Å². The number of pyridine rings is 1. The summed E-state index contributed by atoms with van der Waals surface area (Å²) in [5, 5.41) is 2.45. The molecule has 0 N–H and O–H groups in total. The first kappa shape index (κ1) is 36.7. The molecule has 12 rings (SSSR count). The summed E-state index contributed by atoms with van der Waals surface area (Å²) in [5.74, 6) is 1.21. The predicted octanol–water partition coefficient (Wildman–Crippen LogP) is 15.2. The molecule has 7 aromatic carbocycles. The maximum atomic E-state index is 6.35. The molecular formula is C58H39IN2O. The molecule has 0 radical (unpaired) electrons. The summed E-state index contributed by atoms with van der Waals surface area (Å²) in [4.78, 5) is 5.36. The molecule has 2 aromatic heterocycles. The first-order valence-corrected chi connectivity index (χ1v) is 23.6. The summed E-state index contributed by atoms with van der Waals surface area (Å²) in [6.45, 7) is 0. The van der Waals surface area contributed by atoms with Gasteiger partial charge in [-0.05, 0) is 108 Å². The molecule has 2 atom stereocenters. The van der Waals surface area contributed by atoms with Crippen LogP contribution in [0.5, 0.6) is 5.75 Å². The van der Waals surface area contributed by atoms with Gasteiger partial charge in [-0.2, -0.15) is 0 Å². The van der Waals surface area contributed by atoms with Gasteiger partial charge in [-0.3, -0.25) is 0 Å². The third kappa shape index (κ3) is 6.50. The van der Waals surface area contributed by atoms with Gasteiger partial charge < -0.3 is 9.30 Å². The second-order valence-corrected chi connectivity index (χ2v) is 18.0. The zero-order valence-corrected chi connectivity index (χ0v) is 35.9. The van der Waals surface area contributed by atoms with Crippen LogP contribution < -0.4 is 4.74 Å². The van der Waals surface area contributed by atoms with Crippen molar-refractivity contribution in [1.82, 2.24) is 9.55 Å². The fraction of sp³-hybridized carbons (Fsp3) is 0.0345. The molecule has 2 aliphatic heterocycles. The molecule has 1 aliphatic carbocycles. The Morgan fingerprint density at radius 1 is 0.500 bits per heavy atom. The lowest BCUT2D eigenvalue weighted by Crippen LogP contribution is -2.15. The smallest absolute Gasteiger partial charge is 0.128 e. The molecule has 0 spiro atoms. The number of hydrogen-bond donors (Lipinski definition) is 0. The van der Waals surface area contributed by atoms with E-state index in [2.05, 4.69) is 225 Å². The molecule has 9 aromatic rings. The Labute approximate surface area is 371 Å². The zero-order chi connectivity index (χ0) is 41.0. The van der Waals surface area contributed by atoms with Gasteiger partial charge in [-0.1, -0.05) is 172 Å². The van der Waals surface area contributed by atoms with E-state index in [1.165, 1.54) is 72.0 Å². The van der Waals surface area contributed by atoms with Crippen LogP contribution in [-0.2, 0) is 0 Å². The fourth-order valence-electron chi connectivity index (χ4n) is 9.32. The summed E-state index contributed by atoms with van der Waals surface area (Å²) in [7, 11) is 0. The van der Waals surface area contributed by atoms with Crippen molar-refractivity contribution in [3.63, 3.8) is 0 Å². The van der Waals surface area contributed by atoms with Gasteiger partial charge in [0.2, 0.25) is 0 Å². The van der Waals surface area contributed by atoms with Crippen LogP contribution in [0.2, 0.25) is 0 Å². The first-order valence-electron chi connectivity index (χ1n) is 21.1. The molecule has 4 heteroatoms. The monoisotopic (exact) mass is 906 g/mol. The van der Waals surface area contributed by atoms with E-state index >= 15 is 0 Å². The van der Waals surface area contributed by atoms with Crippen LogP contribution in [-0.4, -0.2) is 19.7 Å². The highest BCUT2D eigenvalue weighted by Gasteiger charge is 2.32. The average Bonchev–Trinajstić information content (AvgIpc) is 3.90. The van der Waals surface area contributed by atoms with Crippen molar-refractivity contribution in [2.45, 2.75) is 12.0 Å². The predicted molar refractivity (Wildman–Crippen MR) is 269 cm³/mol. The standard InChI is InChI=1S/C58H39IN2O/c1-5-15-38(16-6-1)44-32-49(40-19-9-3-10-20-40)58-52(33-44)50-30-42(43-26-28-57-51(31-43)48-23-13-14-24-56(48)62-57)25-27-55(50)61(58)47-29-46(36-59-37-47)54-35-45(39-17-7-2-8-18-39)34-53(60-54)41-21-11-4-12-22-41/h1-37,48,56H. The number of halogens is 1. The van der Waals surface area contributed by atoms with Crippen molar-refractivity contribution in [3.05, 3.63) is 228 Å². The molecule has 62 heavy (non-hydrogen) atoms. The van der Waals surface area contributed by atoms with E-state index in [9.17, 15) is 0 Å². The Hall–Kier alpha value is -7.15. The Morgan fingerprint density at radius 3 is 1.85 bits per heavy atom. The lowest BCUT2D eigenvalue weighted by molar-refractivity contribution is 0.269. The van der Waals surface area contributed by atoms with E-state index in [1.54, 1.807) is 0 Å². The normalized spacial score (nSPS) is 16.3. The number of aromatic nitrogens is 2. The summed E-state index contributed by atoms with van der Waals surface area (Å²) in [5.41, 5.74) is 18.5. The Bertz CT molecular complexity index is 3300. The lowest BCUT2D eigenvalue weighted by Gasteiger charge is -2.17. The third-order valence-corrected chi connectivity index (χ3v) is 14.3. The van der Waals surface area contributed by atoms with E-state index in [-0.39, 0.29) is 12.0 Å². The van der Waals surface area contributed by atoms with Gasteiger partial charge in [0.05, 0.1) is 28.1 Å². The van der Waals surface area contributed by atoms with Gasteiger partial charge in [0.15, 0.2) is 0 Å². The van der Waals surface area contributed by atoms with Gasteiger partial charge in [0, 0.05) is 39.0 Å². The molecule has 3 aliphatic rings. The van der Waals surface area contributed by atoms with Gasteiger partial charge in [0.25, 0.3) is 0 Å². The van der Waals surface area contributed by atoms with Crippen LogP contribution in [0.25, 0.3) is 88.8 Å². The van der Waals surface area contributed by atoms with Crippen molar-refractivity contribution in [3.8, 4) is 61.5 Å². The number of hydrogen-bond acceptors (Lipinski definition) is 2. The van der Waals surface area contributed by atoms with Gasteiger partial charge in [-0.15, -0.1) is 0 Å². The molecule has 3 nitrogen and oxygen atoms in total. The van der Waals surface area contributed by atoms with Gasteiger partial charge >= 0.3 is 0 Å². The Kier molecular flexibility index (Phi) is 9.11. The minimum atomic E-state index is -0.441. The summed E-state index contributed by atoms with van der Waals surface area (Å²) in [6, 6.07) is 65.9. The van der Waals surface area contributed by atoms with Crippen LogP contribution in [0.3, 0.4) is 0 Å². The molecule has 0 fully saturated rings. The van der Waals surface area contributed by atoms with Crippen LogP contribution in [0.1, 0.15) is 17.2 Å². The SMILES string of the molecule is C1=CC2Oc3ccc(-c4ccc5c(c4)c4cc(-c6ccccc6)cc(-c6ccccc6)c4n5C4=CI=CC(c5cc(-c6ccccc6)cc(-c6ccccc6)n5)=C4)cc3C2C=C1. The minimum absolute atomic E-state index is 0.0567. The number of ether oxygens (including phenoxy) is 1. The number of benzene rings is 7. The van der Waals surface area contributed by atoms with Crippen LogP contribution in [0.15, 0.2) is 216 Å². The largest absolute Gasteiger partial charge is 0.485 e. The van der Waals surface area contributed by atoms with Crippen molar-refractivity contribution >= 4 is 57.8 Å². The average molecular weight is 907 g/mol. The minimum Gasteiger partial charge on any atom is -0.485 e. The van der Waals surface area contributed by atoms with Crippen LogP contribution in [0, 0.1) is 0 Å². The maximum absolute atomic E-state index is 6.35. The first-order chi connectivity index (χ1) is 30.7. The Balaban J connectivity index is 1.08. The third-order valence-electron chi connectivity index (χ3n) is 12.3. The second-order valence-electron chi connectivity index (χ2n) is 16.1. The molecule has 0 saturated heterocycles. The second kappa shape index (κ2) is 15.4. The number of nitrogens with zero attached hydrogens (tertiary/aromatic N) is 2. The van der Waals surface area contributed by atoms with Gasteiger partial charge in [-0.25, -0.2) is 4.98 Å². The number of fused-ring (bicyclic) bond motifs is 6. The molecular weight excluding hydrogens is 868 g/mol. The topological polar surface area (TPSA) is 27.1 Å². The molecule has 0 amide bonds. The van der Waals surface area contributed by atoms with E-state index in [4.69, 9.17) is 9.72 Å². The van der Waals surface area contributed by atoms with Crippen molar-refractivity contribution in [2.75, 3.05) is 0 Å². The molecule has 4 heterocycles. The molecule has 0 bridgehead atoms. The van der Waals surface area contributed by atoms with E-state index in [1.807, 2.05) is 0 Å².